The van der Waals surface area contributed by atoms with Crippen molar-refractivity contribution in [3.8, 4) is 0 Å². The molecule has 2 atom stereocenters. The number of hydrogen-bond donors (Lipinski definition) is 2. The molecule has 1 aliphatic rings. The van der Waals surface area contributed by atoms with Gasteiger partial charge in [0.25, 0.3) is 0 Å². The van der Waals surface area contributed by atoms with E-state index in [0.717, 1.165) is 38.0 Å². The lowest BCUT2D eigenvalue weighted by molar-refractivity contribution is 0.141. The number of rotatable bonds is 5. The van der Waals surface area contributed by atoms with Gasteiger partial charge in [-0.3, -0.25) is 4.68 Å². The van der Waals surface area contributed by atoms with Gasteiger partial charge in [0.1, 0.15) is 0 Å². The van der Waals surface area contributed by atoms with Crippen LogP contribution in [-0.2, 0) is 6.42 Å². The third kappa shape index (κ3) is 2.69. The van der Waals surface area contributed by atoms with E-state index in [1.54, 1.807) is 0 Å². The highest BCUT2D eigenvalue weighted by atomic mass is 16.3. The molecule has 0 aromatic carbocycles. The summed E-state index contributed by atoms with van der Waals surface area (Å²) in [6, 6.07) is 2.54. The molecule has 1 aliphatic heterocycles. The second-order valence-electron chi connectivity index (χ2n) is 5.31. The molecule has 0 aliphatic carbocycles. The molecule has 2 heterocycles. The third-order valence-corrected chi connectivity index (χ3v) is 3.93. The zero-order valence-electron chi connectivity index (χ0n) is 10.8. The number of nitrogens with zero attached hydrogens (tertiary/aromatic N) is 2. The summed E-state index contributed by atoms with van der Waals surface area (Å²) >= 11 is 0. The van der Waals surface area contributed by atoms with E-state index in [1.165, 1.54) is 0 Å². The molecule has 2 rings (SSSR count). The summed E-state index contributed by atoms with van der Waals surface area (Å²) in [6.07, 6.45) is 5.06. The van der Waals surface area contributed by atoms with E-state index >= 15 is 0 Å². The smallest absolute Gasteiger partial charge is 0.0631 e. The van der Waals surface area contributed by atoms with Crippen molar-refractivity contribution in [3.63, 3.8) is 0 Å². The molecule has 0 amide bonds. The predicted molar refractivity (Wildman–Crippen MR) is 67.9 cm³/mol. The fourth-order valence-electron chi connectivity index (χ4n) is 2.43. The van der Waals surface area contributed by atoms with E-state index in [2.05, 4.69) is 36.5 Å². The SMILES string of the molecule is CCC(C)n1ccc(CC2(CO)CCNC2)n1. The van der Waals surface area contributed by atoms with Gasteiger partial charge in [0.05, 0.1) is 12.3 Å². The number of aromatic nitrogens is 2. The summed E-state index contributed by atoms with van der Waals surface area (Å²) in [4.78, 5) is 0. The molecule has 1 fully saturated rings. The van der Waals surface area contributed by atoms with Crippen molar-refractivity contribution in [1.29, 1.82) is 0 Å². The highest BCUT2D eigenvalue weighted by Gasteiger charge is 2.34. The van der Waals surface area contributed by atoms with Gasteiger partial charge in [-0.25, -0.2) is 0 Å². The van der Waals surface area contributed by atoms with Gasteiger partial charge in [0, 0.05) is 30.6 Å². The monoisotopic (exact) mass is 237 g/mol. The number of aliphatic hydroxyl groups is 1. The lowest BCUT2D eigenvalue weighted by Gasteiger charge is -2.24. The number of aliphatic hydroxyl groups excluding tert-OH is 1. The second-order valence-corrected chi connectivity index (χ2v) is 5.31. The van der Waals surface area contributed by atoms with Gasteiger partial charge in [0.15, 0.2) is 0 Å². The largest absolute Gasteiger partial charge is 0.396 e. The molecule has 1 saturated heterocycles. The van der Waals surface area contributed by atoms with Crippen molar-refractivity contribution in [2.45, 2.75) is 39.2 Å². The summed E-state index contributed by atoms with van der Waals surface area (Å²) in [5, 5.41) is 17.5. The molecule has 17 heavy (non-hydrogen) atoms. The molecule has 1 aromatic rings. The highest BCUT2D eigenvalue weighted by molar-refractivity contribution is 5.06. The maximum Gasteiger partial charge on any atom is 0.0631 e. The summed E-state index contributed by atoms with van der Waals surface area (Å²) in [7, 11) is 0. The normalized spacial score (nSPS) is 26.3. The van der Waals surface area contributed by atoms with Crippen LogP contribution in [0.25, 0.3) is 0 Å². The van der Waals surface area contributed by atoms with Gasteiger partial charge in [-0.05, 0) is 32.4 Å². The Hall–Kier alpha value is -0.870. The van der Waals surface area contributed by atoms with Gasteiger partial charge >= 0.3 is 0 Å². The average Bonchev–Trinajstić information content (AvgIpc) is 2.98. The fraction of sp³-hybridized carbons (Fsp3) is 0.769. The molecule has 4 heteroatoms. The van der Waals surface area contributed by atoms with Crippen LogP contribution >= 0.6 is 0 Å². The minimum atomic E-state index is 0.00857. The van der Waals surface area contributed by atoms with Gasteiger partial charge in [-0.15, -0.1) is 0 Å². The van der Waals surface area contributed by atoms with Crippen LogP contribution in [0, 0.1) is 5.41 Å². The van der Waals surface area contributed by atoms with Crippen LogP contribution in [-0.4, -0.2) is 34.6 Å². The first kappa shape index (κ1) is 12.6. The lowest BCUT2D eigenvalue weighted by atomic mass is 9.83. The van der Waals surface area contributed by atoms with Crippen molar-refractivity contribution in [2.24, 2.45) is 5.41 Å². The second kappa shape index (κ2) is 5.19. The summed E-state index contributed by atoms with van der Waals surface area (Å²) < 4.78 is 2.03. The Labute approximate surface area is 103 Å². The van der Waals surface area contributed by atoms with Crippen LogP contribution in [0.3, 0.4) is 0 Å². The molecular formula is C13H23N3O. The van der Waals surface area contributed by atoms with Crippen LogP contribution in [0.5, 0.6) is 0 Å². The summed E-state index contributed by atoms with van der Waals surface area (Å²) in [5.41, 5.74) is 1.11. The molecule has 96 valence electrons. The third-order valence-electron chi connectivity index (χ3n) is 3.93. The maximum absolute atomic E-state index is 9.57. The van der Waals surface area contributed by atoms with Crippen LogP contribution in [0.15, 0.2) is 12.3 Å². The van der Waals surface area contributed by atoms with E-state index in [1.807, 2.05) is 4.68 Å². The van der Waals surface area contributed by atoms with Crippen molar-refractivity contribution in [2.75, 3.05) is 19.7 Å². The Morgan fingerprint density at radius 3 is 3.06 bits per heavy atom. The molecule has 4 nitrogen and oxygen atoms in total. The highest BCUT2D eigenvalue weighted by Crippen LogP contribution is 2.29. The molecule has 2 unspecified atom stereocenters. The van der Waals surface area contributed by atoms with Gasteiger partial charge in [-0.2, -0.15) is 5.10 Å². The quantitative estimate of drug-likeness (QED) is 0.813. The Morgan fingerprint density at radius 2 is 2.47 bits per heavy atom. The van der Waals surface area contributed by atoms with E-state index in [9.17, 15) is 5.11 Å². The molecule has 0 spiro atoms. The minimum absolute atomic E-state index is 0.00857. The van der Waals surface area contributed by atoms with Crippen LogP contribution in [0.2, 0.25) is 0 Å². The van der Waals surface area contributed by atoms with Crippen LogP contribution < -0.4 is 5.32 Å². The standard InChI is InChI=1S/C13H23N3O/c1-3-11(2)16-7-4-12(15-16)8-13(10-17)5-6-14-9-13/h4,7,11,14,17H,3,5-6,8-10H2,1-2H3. The van der Waals surface area contributed by atoms with Gasteiger partial charge in [0.2, 0.25) is 0 Å². The summed E-state index contributed by atoms with van der Waals surface area (Å²) in [5.74, 6) is 0. The van der Waals surface area contributed by atoms with E-state index in [-0.39, 0.29) is 12.0 Å². The van der Waals surface area contributed by atoms with Gasteiger partial charge < -0.3 is 10.4 Å². The fourth-order valence-corrected chi connectivity index (χ4v) is 2.43. The zero-order chi connectivity index (χ0) is 12.3. The topological polar surface area (TPSA) is 50.1 Å². The van der Waals surface area contributed by atoms with E-state index < -0.39 is 0 Å². The molecule has 0 bridgehead atoms. The predicted octanol–water partition coefficient (Wildman–Crippen LogP) is 1.37. The Bertz CT molecular complexity index is 355. The van der Waals surface area contributed by atoms with Crippen molar-refractivity contribution in [3.05, 3.63) is 18.0 Å². The Kier molecular flexibility index (Phi) is 3.84. The molecule has 1 aromatic heterocycles. The number of hydrogen-bond acceptors (Lipinski definition) is 3. The first-order valence-corrected chi connectivity index (χ1v) is 6.55. The van der Waals surface area contributed by atoms with E-state index in [0.29, 0.717) is 6.04 Å². The first-order valence-electron chi connectivity index (χ1n) is 6.55. The van der Waals surface area contributed by atoms with Crippen LogP contribution in [0.4, 0.5) is 0 Å². The number of nitrogens with one attached hydrogen (secondary N) is 1. The Morgan fingerprint density at radius 1 is 1.65 bits per heavy atom. The van der Waals surface area contributed by atoms with Crippen molar-refractivity contribution < 1.29 is 5.11 Å². The van der Waals surface area contributed by atoms with Crippen molar-refractivity contribution in [1.82, 2.24) is 15.1 Å². The Balaban J connectivity index is 2.05. The summed E-state index contributed by atoms with van der Waals surface area (Å²) in [6.45, 7) is 6.50. The lowest BCUT2D eigenvalue weighted by Crippen LogP contribution is -2.30. The van der Waals surface area contributed by atoms with Crippen LogP contribution in [0.1, 0.15) is 38.4 Å². The van der Waals surface area contributed by atoms with Gasteiger partial charge in [-0.1, -0.05) is 6.92 Å². The van der Waals surface area contributed by atoms with Crippen molar-refractivity contribution >= 4 is 0 Å². The molecule has 0 saturated carbocycles. The molecule has 2 N–H and O–H groups in total. The molecule has 0 radical (unpaired) electrons. The minimum Gasteiger partial charge on any atom is -0.396 e. The maximum atomic E-state index is 9.57. The zero-order valence-corrected chi connectivity index (χ0v) is 10.8. The van der Waals surface area contributed by atoms with E-state index in [4.69, 9.17) is 0 Å². The molecular weight excluding hydrogens is 214 g/mol. The average molecular weight is 237 g/mol. The first-order chi connectivity index (χ1) is 8.19.